The normalized spacial score (nSPS) is 11.4. The highest BCUT2D eigenvalue weighted by Crippen LogP contribution is 2.14. The Bertz CT molecular complexity index is 498. The first-order valence-corrected chi connectivity index (χ1v) is 5.51. The first-order chi connectivity index (χ1) is 6.66. The lowest BCUT2D eigenvalue weighted by molar-refractivity contribution is 0.621. The Kier molecular flexibility index (Phi) is 2.37. The molecule has 0 spiro atoms. The molecule has 0 bridgehead atoms. The van der Waals surface area contributed by atoms with Gasteiger partial charge in [0.05, 0.1) is 5.39 Å². The standard InChI is InChI=1S/C10H12N2OS/c1-6(2)5-8-11-9(13)7-3-4-14-10(7)12-8/h3-4,6H,5H2,1-2H3,(H,11,12,13). The number of hydrogen-bond donors (Lipinski definition) is 1. The minimum absolute atomic E-state index is 0.0214. The second-order valence-corrected chi connectivity index (χ2v) is 4.64. The third-order valence-electron chi connectivity index (χ3n) is 1.99. The molecule has 1 N–H and O–H groups in total. The first kappa shape index (κ1) is 9.40. The molecule has 3 nitrogen and oxygen atoms in total. The number of thiophene rings is 1. The van der Waals surface area contributed by atoms with Crippen LogP contribution in [0.2, 0.25) is 0 Å². The van der Waals surface area contributed by atoms with Gasteiger partial charge in [-0.2, -0.15) is 0 Å². The molecule has 0 atom stereocenters. The molecule has 0 amide bonds. The molecule has 0 saturated carbocycles. The summed E-state index contributed by atoms with van der Waals surface area (Å²) >= 11 is 1.51. The summed E-state index contributed by atoms with van der Waals surface area (Å²) in [6, 6.07) is 1.81. The first-order valence-electron chi connectivity index (χ1n) is 4.63. The molecule has 0 aliphatic rings. The number of rotatable bonds is 2. The van der Waals surface area contributed by atoms with Gasteiger partial charge in [-0.1, -0.05) is 13.8 Å². The summed E-state index contributed by atoms with van der Waals surface area (Å²) in [7, 11) is 0. The molecule has 0 aliphatic heterocycles. The minimum atomic E-state index is -0.0214. The molecule has 2 heterocycles. The molecule has 74 valence electrons. The van der Waals surface area contributed by atoms with E-state index in [-0.39, 0.29) is 5.56 Å². The minimum Gasteiger partial charge on any atom is -0.310 e. The van der Waals surface area contributed by atoms with Crippen molar-refractivity contribution in [2.24, 2.45) is 5.92 Å². The molecule has 4 heteroatoms. The van der Waals surface area contributed by atoms with Crippen LogP contribution in [0, 0.1) is 5.92 Å². The monoisotopic (exact) mass is 208 g/mol. The zero-order valence-corrected chi connectivity index (χ0v) is 9.02. The van der Waals surface area contributed by atoms with Crippen molar-refractivity contribution in [1.29, 1.82) is 0 Å². The zero-order chi connectivity index (χ0) is 10.1. The van der Waals surface area contributed by atoms with E-state index >= 15 is 0 Å². The molecule has 14 heavy (non-hydrogen) atoms. The van der Waals surface area contributed by atoms with Crippen LogP contribution in [-0.2, 0) is 6.42 Å². The Morgan fingerprint density at radius 2 is 2.36 bits per heavy atom. The molecule has 0 saturated heterocycles. The van der Waals surface area contributed by atoms with Crippen LogP contribution < -0.4 is 5.56 Å². The summed E-state index contributed by atoms with van der Waals surface area (Å²) in [4.78, 5) is 19.6. The number of nitrogens with zero attached hydrogens (tertiary/aromatic N) is 1. The van der Waals surface area contributed by atoms with Crippen molar-refractivity contribution in [2.75, 3.05) is 0 Å². The van der Waals surface area contributed by atoms with E-state index < -0.39 is 0 Å². The predicted octanol–water partition coefficient (Wildman–Crippen LogP) is 2.18. The van der Waals surface area contributed by atoms with Gasteiger partial charge in [-0.05, 0) is 17.4 Å². The highest BCUT2D eigenvalue weighted by Gasteiger charge is 2.05. The summed E-state index contributed by atoms with van der Waals surface area (Å²) < 4.78 is 0. The van der Waals surface area contributed by atoms with Crippen LogP contribution in [0.3, 0.4) is 0 Å². The van der Waals surface area contributed by atoms with E-state index in [1.54, 1.807) is 0 Å². The number of H-pyrrole nitrogens is 1. The fourth-order valence-electron chi connectivity index (χ4n) is 1.39. The van der Waals surface area contributed by atoms with E-state index in [1.807, 2.05) is 11.4 Å². The summed E-state index contributed by atoms with van der Waals surface area (Å²) in [6.45, 7) is 4.22. The van der Waals surface area contributed by atoms with Crippen molar-refractivity contribution < 1.29 is 0 Å². The van der Waals surface area contributed by atoms with Crippen LogP contribution in [-0.4, -0.2) is 9.97 Å². The quantitative estimate of drug-likeness (QED) is 0.822. The summed E-state index contributed by atoms with van der Waals surface area (Å²) in [6.07, 6.45) is 0.822. The van der Waals surface area contributed by atoms with Crippen molar-refractivity contribution in [2.45, 2.75) is 20.3 Å². The van der Waals surface area contributed by atoms with Gasteiger partial charge in [0, 0.05) is 6.42 Å². The van der Waals surface area contributed by atoms with Gasteiger partial charge in [0.2, 0.25) is 0 Å². The van der Waals surface area contributed by atoms with Crippen LogP contribution in [0.5, 0.6) is 0 Å². The topological polar surface area (TPSA) is 45.8 Å². The second-order valence-electron chi connectivity index (χ2n) is 3.75. The Labute approximate surface area is 85.8 Å². The molecule has 2 aromatic rings. The van der Waals surface area contributed by atoms with Crippen molar-refractivity contribution in [3.05, 3.63) is 27.6 Å². The fourth-order valence-corrected chi connectivity index (χ4v) is 2.18. The molecule has 0 fully saturated rings. The number of nitrogens with one attached hydrogen (secondary N) is 1. The second kappa shape index (κ2) is 3.53. The predicted molar refractivity (Wildman–Crippen MR) is 58.8 cm³/mol. The van der Waals surface area contributed by atoms with Crippen LogP contribution in [0.25, 0.3) is 10.2 Å². The number of aromatic amines is 1. The van der Waals surface area contributed by atoms with Gasteiger partial charge < -0.3 is 4.98 Å². The van der Waals surface area contributed by atoms with Gasteiger partial charge in [0.15, 0.2) is 0 Å². The van der Waals surface area contributed by atoms with Crippen LogP contribution in [0.1, 0.15) is 19.7 Å². The van der Waals surface area contributed by atoms with Crippen LogP contribution >= 0.6 is 11.3 Å². The third-order valence-corrected chi connectivity index (χ3v) is 2.79. The SMILES string of the molecule is CC(C)Cc1nc2sccc2c(=O)[nH]1. The van der Waals surface area contributed by atoms with Crippen LogP contribution in [0.15, 0.2) is 16.2 Å². The maximum Gasteiger partial charge on any atom is 0.259 e. The average Bonchev–Trinajstić information content (AvgIpc) is 2.50. The zero-order valence-electron chi connectivity index (χ0n) is 8.20. The van der Waals surface area contributed by atoms with Gasteiger partial charge in [-0.15, -0.1) is 11.3 Å². The molecule has 0 aromatic carbocycles. The van der Waals surface area contributed by atoms with Gasteiger partial charge in [-0.3, -0.25) is 4.79 Å². The molecule has 0 unspecified atom stereocenters. The smallest absolute Gasteiger partial charge is 0.259 e. The fraction of sp³-hybridized carbons (Fsp3) is 0.400. The molecular formula is C10H12N2OS. The maximum absolute atomic E-state index is 11.6. The maximum atomic E-state index is 11.6. The Balaban J connectivity index is 2.53. The highest BCUT2D eigenvalue weighted by atomic mass is 32.1. The van der Waals surface area contributed by atoms with Gasteiger partial charge in [0.1, 0.15) is 10.7 Å². The molecular weight excluding hydrogens is 196 g/mol. The van der Waals surface area contributed by atoms with Crippen molar-refractivity contribution >= 4 is 21.6 Å². The van der Waals surface area contributed by atoms with E-state index in [2.05, 4.69) is 23.8 Å². The van der Waals surface area contributed by atoms with Gasteiger partial charge in [0.25, 0.3) is 5.56 Å². The van der Waals surface area contributed by atoms with Crippen molar-refractivity contribution in [3.63, 3.8) is 0 Å². The lowest BCUT2D eigenvalue weighted by Gasteiger charge is -2.02. The van der Waals surface area contributed by atoms with E-state index in [0.29, 0.717) is 11.3 Å². The molecule has 0 radical (unpaired) electrons. The average molecular weight is 208 g/mol. The molecule has 0 aliphatic carbocycles. The van der Waals surface area contributed by atoms with E-state index in [4.69, 9.17) is 0 Å². The van der Waals surface area contributed by atoms with E-state index in [9.17, 15) is 4.79 Å². The van der Waals surface area contributed by atoms with E-state index in [0.717, 1.165) is 17.1 Å². The van der Waals surface area contributed by atoms with Gasteiger partial charge >= 0.3 is 0 Å². The number of fused-ring (bicyclic) bond motifs is 1. The Morgan fingerprint density at radius 3 is 3.07 bits per heavy atom. The summed E-state index contributed by atoms with van der Waals surface area (Å²) in [5, 5.41) is 2.59. The number of hydrogen-bond acceptors (Lipinski definition) is 3. The lowest BCUT2D eigenvalue weighted by Crippen LogP contribution is -2.12. The van der Waals surface area contributed by atoms with Crippen molar-refractivity contribution in [3.8, 4) is 0 Å². The number of aromatic nitrogens is 2. The molecule has 2 rings (SSSR count). The summed E-state index contributed by atoms with van der Waals surface area (Å²) in [5.41, 5.74) is -0.0214. The summed E-state index contributed by atoms with van der Waals surface area (Å²) in [5.74, 6) is 1.30. The molecule has 2 aromatic heterocycles. The lowest BCUT2D eigenvalue weighted by atomic mass is 10.1. The van der Waals surface area contributed by atoms with E-state index in [1.165, 1.54) is 11.3 Å². The Morgan fingerprint density at radius 1 is 1.57 bits per heavy atom. The van der Waals surface area contributed by atoms with Crippen LogP contribution in [0.4, 0.5) is 0 Å². The Hall–Kier alpha value is -1.16. The largest absolute Gasteiger partial charge is 0.310 e. The van der Waals surface area contributed by atoms with Crippen molar-refractivity contribution in [1.82, 2.24) is 9.97 Å². The highest BCUT2D eigenvalue weighted by molar-refractivity contribution is 7.16. The van der Waals surface area contributed by atoms with Gasteiger partial charge in [-0.25, -0.2) is 4.98 Å². The third kappa shape index (κ3) is 1.70.